The quantitative estimate of drug-likeness (QED) is 0.647. The third-order valence-corrected chi connectivity index (χ3v) is 3.22. The number of hydrogen-bond donors (Lipinski definition) is 2. The van der Waals surface area contributed by atoms with Crippen LogP contribution in [0.5, 0.6) is 0 Å². The Bertz CT molecular complexity index is 429. The van der Waals surface area contributed by atoms with E-state index in [0.29, 0.717) is 5.02 Å². The van der Waals surface area contributed by atoms with Crippen molar-refractivity contribution >= 4 is 22.9 Å². The molecule has 0 spiro atoms. The van der Waals surface area contributed by atoms with Crippen molar-refractivity contribution < 1.29 is 0 Å². The zero-order chi connectivity index (χ0) is 11.4. The lowest BCUT2D eigenvalue weighted by Crippen LogP contribution is -2.30. The molecule has 0 amide bonds. The van der Waals surface area contributed by atoms with Crippen LogP contribution in [0.25, 0.3) is 0 Å². The Hall–Kier alpha value is -1.01. The van der Waals surface area contributed by atoms with Crippen molar-refractivity contribution in [3.63, 3.8) is 0 Å². The van der Waals surface area contributed by atoms with Crippen LogP contribution in [0.3, 0.4) is 0 Å². The molecule has 1 unspecified atom stereocenters. The molecule has 1 atom stereocenters. The summed E-state index contributed by atoms with van der Waals surface area (Å²) in [6.45, 7) is 0. The minimum absolute atomic E-state index is 0.0160. The number of rotatable bonds is 4. The predicted molar refractivity (Wildman–Crippen MR) is 65.1 cm³/mol. The molecule has 16 heavy (non-hydrogen) atoms. The van der Waals surface area contributed by atoms with Crippen LogP contribution in [-0.2, 0) is 6.42 Å². The Morgan fingerprint density at radius 3 is 2.88 bits per heavy atom. The molecule has 0 saturated carbocycles. The van der Waals surface area contributed by atoms with Gasteiger partial charge in [0.15, 0.2) is 0 Å². The van der Waals surface area contributed by atoms with Gasteiger partial charge in [-0.2, -0.15) is 0 Å². The van der Waals surface area contributed by atoms with Gasteiger partial charge in [-0.1, -0.05) is 11.6 Å². The highest BCUT2D eigenvalue weighted by molar-refractivity contribution is 7.09. The van der Waals surface area contributed by atoms with E-state index in [1.54, 1.807) is 29.1 Å². The van der Waals surface area contributed by atoms with Gasteiger partial charge in [-0.05, 0) is 12.1 Å². The SMILES string of the molecule is NNC(Cc1cncs1)c1ccc(Cl)cn1. The number of halogens is 1. The topological polar surface area (TPSA) is 63.8 Å². The highest BCUT2D eigenvalue weighted by Gasteiger charge is 2.12. The lowest BCUT2D eigenvalue weighted by Gasteiger charge is -2.13. The molecule has 2 heterocycles. The number of nitrogens with one attached hydrogen (secondary N) is 1. The summed E-state index contributed by atoms with van der Waals surface area (Å²) in [5.74, 6) is 5.52. The minimum atomic E-state index is -0.0160. The molecule has 2 rings (SSSR count). The zero-order valence-electron chi connectivity index (χ0n) is 8.43. The molecule has 0 saturated heterocycles. The molecule has 3 N–H and O–H groups in total. The van der Waals surface area contributed by atoms with Gasteiger partial charge in [0.25, 0.3) is 0 Å². The Labute approximate surface area is 102 Å². The summed E-state index contributed by atoms with van der Waals surface area (Å²) < 4.78 is 0. The summed E-state index contributed by atoms with van der Waals surface area (Å²) in [4.78, 5) is 9.43. The number of nitrogens with zero attached hydrogens (tertiary/aromatic N) is 2. The van der Waals surface area contributed by atoms with Gasteiger partial charge in [-0.15, -0.1) is 11.3 Å². The standard InChI is InChI=1S/C10H11ClN4S/c11-7-1-2-9(14-4-7)10(15-12)3-8-5-13-6-16-8/h1-2,4-6,10,15H,3,12H2. The first kappa shape index (κ1) is 11.5. The lowest BCUT2D eigenvalue weighted by atomic mass is 10.1. The molecule has 6 heteroatoms. The van der Waals surface area contributed by atoms with Crippen molar-refractivity contribution in [2.24, 2.45) is 5.84 Å². The Morgan fingerprint density at radius 1 is 1.44 bits per heavy atom. The first-order valence-electron chi connectivity index (χ1n) is 4.74. The third kappa shape index (κ3) is 2.76. The third-order valence-electron chi connectivity index (χ3n) is 2.20. The molecule has 0 radical (unpaired) electrons. The van der Waals surface area contributed by atoms with E-state index in [9.17, 15) is 0 Å². The number of pyridine rings is 1. The molecule has 0 bridgehead atoms. The Kier molecular flexibility index (Phi) is 3.84. The molecule has 84 valence electrons. The molecule has 0 aliphatic heterocycles. The van der Waals surface area contributed by atoms with Crippen molar-refractivity contribution in [1.82, 2.24) is 15.4 Å². The number of aromatic nitrogens is 2. The fraction of sp³-hybridized carbons (Fsp3) is 0.200. The van der Waals surface area contributed by atoms with Crippen LogP contribution in [0.15, 0.2) is 30.0 Å². The summed E-state index contributed by atoms with van der Waals surface area (Å²) in [6, 6.07) is 3.66. The molecule has 4 nitrogen and oxygen atoms in total. The lowest BCUT2D eigenvalue weighted by molar-refractivity contribution is 0.541. The minimum Gasteiger partial charge on any atom is -0.271 e. The summed E-state index contributed by atoms with van der Waals surface area (Å²) in [6.07, 6.45) is 4.23. The molecule has 0 aliphatic carbocycles. The molecule has 2 aromatic rings. The van der Waals surface area contributed by atoms with Crippen LogP contribution in [-0.4, -0.2) is 9.97 Å². The van der Waals surface area contributed by atoms with E-state index in [1.807, 2.05) is 12.3 Å². The van der Waals surface area contributed by atoms with Gasteiger partial charge in [0, 0.05) is 23.7 Å². The van der Waals surface area contributed by atoms with Gasteiger partial charge in [0.2, 0.25) is 0 Å². The highest BCUT2D eigenvalue weighted by Crippen LogP contribution is 2.19. The van der Waals surface area contributed by atoms with Gasteiger partial charge >= 0.3 is 0 Å². The van der Waals surface area contributed by atoms with Gasteiger partial charge in [-0.25, -0.2) is 0 Å². The maximum absolute atomic E-state index is 5.78. The average molecular weight is 255 g/mol. The fourth-order valence-electron chi connectivity index (χ4n) is 1.39. The van der Waals surface area contributed by atoms with Crippen LogP contribution in [0.4, 0.5) is 0 Å². The largest absolute Gasteiger partial charge is 0.271 e. The van der Waals surface area contributed by atoms with Crippen LogP contribution >= 0.6 is 22.9 Å². The van der Waals surface area contributed by atoms with E-state index in [-0.39, 0.29) is 6.04 Å². The second kappa shape index (κ2) is 5.36. The van der Waals surface area contributed by atoms with Crippen LogP contribution in [0, 0.1) is 0 Å². The van der Waals surface area contributed by atoms with E-state index in [0.717, 1.165) is 12.1 Å². The van der Waals surface area contributed by atoms with Crippen molar-refractivity contribution in [1.29, 1.82) is 0 Å². The summed E-state index contributed by atoms with van der Waals surface area (Å²) in [7, 11) is 0. The van der Waals surface area contributed by atoms with E-state index < -0.39 is 0 Å². The van der Waals surface area contributed by atoms with Crippen molar-refractivity contribution in [3.05, 3.63) is 45.6 Å². The normalized spacial score (nSPS) is 12.6. The number of hydrazine groups is 1. The Morgan fingerprint density at radius 2 is 2.31 bits per heavy atom. The van der Waals surface area contributed by atoms with Crippen molar-refractivity contribution in [3.8, 4) is 0 Å². The highest BCUT2D eigenvalue weighted by atomic mass is 35.5. The molecule has 2 aromatic heterocycles. The van der Waals surface area contributed by atoms with Gasteiger partial charge in [0.1, 0.15) is 0 Å². The van der Waals surface area contributed by atoms with Crippen molar-refractivity contribution in [2.45, 2.75) is 12.5 Å². The molecule has 0 fully saturated rings. The van der Waals surface area contributed by atoms with E-state index in [2.05, 4.69) is 15.4 Å². The van der Waals surface area contributed by atoms with Crippen molar-refractivity contribution in [2.75, 3.05) is 0 Å². The Balaban J connectivity index is 2.13. The number of hydrogen-bond acceptors (Lipinski definition) is 5. The molecule has 0 aromatic carbocycles. The summed E-state index contributed by atoms with van der Waals surface area (Å²) in [5, 5.41) is 0.623. The second-order valence-corrected chi connectivity index (χ2v) is 4.70. The van der Waals surface area contributed by atoms with Gasteiger partial charge in [-0.3, -0.25) is 21.2 Å². The van der Waals surface area contributed by atoms with E-state index in [4.69, 9.17) is 17.4 Å². The van der Waals surface area contributed by atoms with E-state index >= 15 is 0 Å². The molecular formula is C10H11ClN4S. The van der Waals surface area contributed by atoms with Crippen LogP contribution in [0.1, 0.15) is 16.6 Å². The molecular weight excluding hydrogens is 244 g/mol. The maximum atomic E-state index is 5.78. The van der Waals surface area contributed by atoms with Gasteiger partial charge < -0.3 is 0 Å². The second-order valence-electron chi connectivity index (χ2n) is 3.29. The summed E-state index contributed by atoms with van der Waals surface area (Å²) >= 11 is 7.38. The fourth-order valence-corrected chi connectivity index (χ4v) is 2.14. The first-order valence-corrected chi connectivity index (χ1v) is 6.00. The average Bonchev–Trinajstić information content (AvgIpc) is 2.80. The van der Waals surface area contributed by atoms with Crippen LogP contribution in [0.2, 0.25) is 5.02 Å². The summed E-state index contributed by atoms with van der Waals surface area (Å²) in [5.41, 5.74) is 5.43. The number of nitrogens with two attached hydrogens (primary N) is 1. The van der Waals surface area contributed by atoms with Gasteiger partial charge in [0.05, 0.1) is 22.3 Å². The van der Waals surface area contributed by atoms with Crippen LogP contribution < -0.4 is 11.3 Å². The molecule has 0 aliphatic rings. The number of thiazole rings is 1. The monoisotopic (exact) mass is 254 g/mol. The predicted octanol–water partition coefficient (Wildman–Crippen LogP) is 1.94. The smallest absolute Gasteiger partial charge is 0.0794 e. The maximum Gasteiger partial charge on any atom is 0.0794 e. The zero-order valence-corrected chi connectivity index (χ0v) is 10.0. The first-order chi connectivity index (χ1) is 7.79. The van der Waals surface area contributed by atoms with E-state index in [1.165, 1.54) is 4.88 Å².